The summed E-state index contributed by atoms with van der Waals surface area (Å²) in [7, 11) is 0. The van der Waals surface area contributed by atoms with Crippen LogP contribution in [0.3, 0.4) is 0 Å². The van der Waals surface area contributed by atoms with Crippen molar-refractivity contribution in [2.75, 3.05) is 0 Å². The van der Waals surface area contributed by atoms with Gasteiger partial charge in [0.25, 0.3) is 5.56 Å². The Hall–Kier alpha value is -2.17. The van der Waals surface area contributed by atoms with Gasteiger partial charge in [-0.1, -0.05) is 6.07 Å². The van der Waals surface area contributed by atoms with Gasteiger partial charge in [0.15, 0.2) is 0 Å². The molecule has 0 atom stereocenters. The first-order valence-electron chi connectivity index (χ1n) is 4.86. The number of aromatic amines is 1. The molecule has 82 valence electrons. The van der Waals surface area contributed by atoms with Crippen molar-refractivity contribution in [3.8, 4) is 0 Å². The maximum atomic E-state index is 11.6. The normalized spacial score (nSPS) is 10.3. The molecule has 5 heteroatoms. The zero-order valence-corrected chi connectivity index (χ0v) is 8.80. The lowest BCUT2D eigenvalue weighted by Gasteiger charge is -2.07. The Morgan fingerprint density at radius 1 is 1.44 bits per heavy atom. The standard InChI is InChI=1S/C11H11N3O2/c1-8-5-10(15)13-11(16)14(8)7-9-3-2-4-12-6-9/h2-6H,7H2,1H3,(H,13,15,16). The summed E-state index contributed by atoms with van der Waals surface area (Å²) >= 11 is 0. The van der Waals surface area contributed by atoms with Crippen molar-refractivity contribution in [1.29, 1.82) is 0 Å². The molecule has 0 aliphatic rings. The van der Waals surface area contributed by atoms with E-state index in [9.17, 15) is 9.59 Å². The van der Waals surface area contributed by atoms with E-state index >= 15 is 0 Å². The molecule has 0 saturated carbocycles. The molecule has 2 rings (SSSR count). The van der Waals surface area contributed by atoms with Crippen LogP contribution in [0.25, 0.3) is 0 Å². The SMILES string of the molecule is Cc1cc(=O)[nH]c(=O)n1Cc1cccnc1. The summed E-state index contributed by atoms with van der Waals surface area (Å²) in [5, 5.41) is 0. The van der Waals surface area contributed by atoms with Gasteiger partial charge in [-0.3, -0.25) is 19.3 Å². The fraction of sp³-hybridized carbons (Fsp3) is 0.182. The number of hydrogen-bond acceptors (Lipinski definition) is 3. The van der Waals surface area contributed by atoms with Gasteiger partial charge in [0.1, 0.15) is 0 Å². The molecule has 0 aliphatic heterocycles. The average molecular weight is 217 g/mol. The first-order valence-corrected chi connectivity index (χ1v) is 4.86. The molecule has 0 saturated heterocycles. The summed E-state index contributed by atoms with van der Waals surface area (Å²) in [4.78, 5) is 28.8. The van der Waals surface area contributed by atoms with Gasteiger partial charge in [0.05, 0.1) is 6.54 Å². The first-order chi connectivity index (χ1) is 7.66. The molecule has 0 bridgehead atoms. The molecule has 16 heavy (non-hydrogen) atoms. The van der Waals surface area contributed by atoms with Crippen LogP contribution in [-0.2, 0) is 6.54 Å². The van der Waals surface area contributed by atoms with Crippen LogP contribution >= 0.6 is 0 Å². The van der Waals surface area contributed by atoms with Crippen LogP contribution < -0.4 is 11.2 Å². The summed E-state index contributed by atoms with van der Waals surface area (Å²) < 4.78 is 1.50. The number of aromatic nitrogens is 3. The number of pyridine rings is 1. The Bertz CT molecular complexity index is 599. The van der Waals surface area contributed by atoms with E-state index in [-0.39, 0.29) is 5.56 Å². The van der Waals surface area contributed by atoms with Crippen LogP contribution in [0.15, 0.2) is 40.2 Å². The van der Waals surface area contributed by atoms with Crippen LogP contribution in [0, 0.1) is 6.92 Å². The van der Waals surface area contributed by atoms with Crippen molar-refractivity contribution >= 4 is 0 Å². The second kappa shape index (κ2) is 4.14. The maximum Gasteiger partial charge on any atom is 0.328 e. The Labute approximate surface area is 91.4 Å². The summed E-state index contributed by atoms with van der Waals surface area (Å²) in [5.41, 5.74) is 0.788. The fourth-order valence-electron chi connectivity index (χ4n) is 1.51. The van der Waals surface area contributed by atoms with Crippen molar-refractivity contribution in [3.63, 3.8) is 0 Å². The van der Waals surface area contributed by atoms with Crippen molar-refractivity contribution in [2.45, 2.75) is 13.5 Å². The molecule has 0 fully saturated rings. The highest BCUT2D eigenvalue weighted by molar-refractivity contribution is 5.11. The molecule has 0 amide bonds. The molecule has 5 nitrogen and oxygen atoms in total. The summed E-state index contributed by atoms with van der Waals surface area (Å²) in [5.74, 6) is 0. The van der Waals surface area contributed by atoms with Crippen LogP contribution in [0.5, 0.6) is 0 Å². The summed E-state index contributed by atoms with van der Waals surface area (Å²) in [6, 6.07) is 5.09. The summed E-state index contributed by atoms with van der Waals surface area (Å²) in [6.07, 6.45) is 3.36. The minimum atomic E-state index is -0.395. The molecule has 0 radical (unpaired) electrons. The molecule has 2 aromatic rings. The highest BCUT2D eigenvalue weighted by Gasteiger charge is 2.02. The van der Waals surface area contributed by atoms with Crippen molar-refractivity contribution < 1.29 is 0 Å². The first kappa shape index (κ1) is 10.4. The predicted octanol–water partition coefficient (Wildman–Crippen LogP) is 0.288. The molecular weight excluding hydrogens is 206 g/mol. The highest BCUT2D eigenvalue weighted by atomic mass is 16.2. The van der Waals surface area contributed by atoms with E-state index in [1.165, 1.54) is 10.6 Å². The number of hydrogen-bond donors (Lipinski definition) is 1. The Balaban J connectivity index is 2.43. The van der Waals surface area contributed by atoms with Crippen molar-refractivity contribution in [1.82, 2.24) is 14.5 Å². The van der Waals surface area contributed by atoms with E-state index in [1.54, 1.807) is 25.4 Å². The number of aryl methyl sites for hydroxylation is 1. The van der Waals surface area contributed by atoms with Gasteiger partial charge >= 0.3 is 5.69 Å². The second-order valence-corrected chi connectivity index (χ2v) is 3.53. The third kappa shape index (κ3) is 2.08. The lowest BCUT2D eigenvalue weighted by molar-refractivity contribution is 0.692. The topological polar surface area (TPSA) is 67.8 Å². The third-order valence-electron chi connectivity index (χ3n) is 2.30. The van der Waals surface area contributed by atoms with Crippen LogP contribution in [0.4, 0.5) is 0 Å². The highest BCUT2D eigenvalue weighted by Crippen LogP contribution is 1.99. The number of H-pyrrole nitrogens is 1. The Morgan fingerprint density at radius 2 is 2.25 bits per heavy atom. The van der Waals surface area contributed by atoms with Gasteiger partial charge in [-0.05, 0) is 18.6 Å². The van der Waals surface area contributed by atoms with E-state index in [0.717, 1.165) is 5.56 Å². The van der Waals surface area contributed by atoms with E-state index in [0.29, 0.717) is 12.2 Å². The number of rotatable bonds is 2. The number of nitrogens with one attached hydrogen (secondary N) is 1. The van der Waals surface area contributed by atoms with E-state index < -0.39 is 5.69 Å². The Morgan fingerprint density at radius 3 is 2.88 bits per heavy atom. The van der Waals surface area contributed by atoms with E-state index in [2.05, 4.69) is 9.97 Å². The molecule has 1 N–H and O–H groups in total. The molecule has 2 heterocycles. The second-order valence-electron chi connectivity index (χ2n) is 3.53. The van der Waals surface area contributed by atoms with E-state index in [1.807, 2.05) is 6.07 Å². The predicted molar refractivity (Wildman–Crippen MR) is 59.4 cm³/mol. The quantitative estimate of drug-likeness (QED) is 0.786. The van der Waals surface area contributed by atoms with Crippen molar-refractivity contribution in [2.24, 2.45) is 0 Å². The van der Waals surface area contributed by atoms with Crippen LogP contribution in [0.1, 0.15) is 11.3 Å². The van der Waals surface area contributed by atoms with Gasteiger partial charge in [-0.15, -0.1) is 0 Å². The zero-order chi connectivity index (χ0) is 11.5. The average Bonchev–Trinajstić information content (AvgIpc) is 2.25. The Kier molecular flexibility index (Phi) is 2.68. The van der Waals surface area contributed by atoms with Crippen LogP contribution in [0.2, 0.25) is 0 Å². The molecule has 0 aromatic carbocycles. The molecule has 0 spiro atoms. The van der Waals surface area contributed by atoms with Gasteiger partial charge in [0, 0.05) is 24.2 Å². The van der Waals surface area contributed by atoms with E-state index in [4.69, 9.17) is 0 Å². The lowest BCUT2D eigenvalue weighted by Crippen LogP contribution is -2.31. The lowest BCUT2D eigenvalue weighted by atomic mass is 10.3. The smallest absolute Gasteiger partial charge is 0.294 e. The van der Waals surface area contributed by atoms with Gasteiger partial charge in [-0.25, -0.2) is 4.79 Å². The zero-order valence-electron chi connectivity index (χ0n) is 8.80. The molecule has 2 aromatic heterocycles. The third-order valence-corrected chi connectivity index (χ3v) is 2.30. The minimum absolute atomic E-state index is 0.370. The van der Waals surface area contributed by atoms with Crippen molar-refractivity contribution in [3.05, 3.63) is 62.7 Å². The van der Waals surface area contributed by atoms with Gasteiger partial charge in [-0.2, -0.15) is 0 Å². The van der Waals surface area contributed by atoms with Crippen LogP contribution in [-0.4, -0.2) is 14.5 Å². The fourth-order valence-corrected chi connectivity index (χ4v) is 1.51. The van der Waals surface area contributed by atoms with Gasteiger partial charge in [0.2, 0.25) is 0 Å². The van der Waals surface area contributed by atoms with Gasteiger partial charge < -0.3 is 0 Å². The molecule has 0 unspecified atom stereocenters. The minimum Gasteiger partial charge on any atom is -0.294 e. The largest absolute Gasteiger partial charge is 0.328 e. The maximum absolute atomic E-state index is 11.6. The summed E-state index contributed by atoms with van der Waals surface area (Å²) in [6.45, 7) is 2.14. The number of nitrogens with zero attached hydrogens (tertiary/aromatic N) is 2. The monoisotopic (exact) mass is 217 g/mol. The molecular formula is C11H11N3O2. The molecule has 0 aliphatic carbocycles.